The molecule has 0 radical (unpaired) electrons. The van der Waals surface area contributed by atoms with Crippen molar-refractivity contribution in [3.05, 3.63) is 82.0 Å². The van der Waals surface area contributed by atoms with Crippen LogP contribution >= 0.6 is 23.5 Å². The Hall–Kier alpha value is -2.52. The molecule has 0 aromatic carbocycles. The molecule has 5 heterocycles. The Kier molecular flexibility index (Phi) is 8.68. The lowest BCUT2D eigenvalue weighted by Crippen LogP contribution is -2.50. The predicted molar refractivity (Wildman–Crippen MR) is 173 cm³/mol. The van der Waals surface area contributed by atoms with Crippen molar-refractivity contribution in [3.63, 3.8) is 0 Å². The molecule has 0 aliphatic carbocycles. The Balaban J connectivity index is 1.64. The number of aromatic nitrogens is 1. The standard InChI is InChI=1S/C32H40N4O2S2/c1-20(39-5)18-37-22(3)30-17-32(23(4)38-19-21(2)40-6)16-29-12-11-27(35-29)14-25-8-7-24(33-25)13-26-9-10-28(34-26)15-31(30)36-32/h7-16,20-23,33,36H,17-19H2,1-6H3/i17D. The van der Waals surface area contributed by atoms with Crippen LogP contribution in [0.3, 0.4) is 0 Å². The molecule has 6 atom stereocenters. The van der Waals surface area contributed by atoms with Gasteiger partial charge in [0.15, 0.2) is 0 Å². The molecule has 4 aliphatic rings. The van der Waals surface area contributed by atoms with Gasteiger partial charge in [0.25, 0.3) is 0 Å². The number of nitrogens with one attached hydrogen (secondary N) is 2. The number of aromatic amines is 1. The smallest absolute Gasteiger partial charge is 0.0878 e. The van der Waals surface area contributed by atoms with E-state index in [4.69, 9.17) is 19.5 Å². The van der Waals surface area contributed by atoms with Crippen LogP contribution in [0.1, 0.15) is 35.5 Å². The molecule has 40 heavy (non-hydrogen) atoms. The number of rotatable bonds is 10. The molecule has 0 saturated heterocycles. The third-order valence-electron chi connectivity index (χ3n) is 7.52. The van der Waals surface area contributed by atoms with Crippen molar-refractivity contribution in [2.75, 3.05) is 25.7 Å². The van der Waals surface area contributed by atoms with Gasteiger partial charge in [0.2, 0.25) is 0 Å². The predicted octanol–water partition coefficient (Wildman–Crippen LogP) is 4.68. The molecule has 0 saturated carbocycles. The molecule has 8 heteroatoms. The first-order chi connectivity index (χ1) is 19.7. The average molecular weight is 578 g/mol. The monoisotopic (exact) mass is 577 g/mol. The van der Waals surface area contributed by atoms with Crippen LogP contribution in [0.5, 0.6) is 0 Å². The van der Waals surface area contributed by atoms with E-state index in [-0.39, 0.29) is 12.2 Å². The van der Waals surface area contributed by atoms with Gasteiger partial charge in [-0.05, 0) is 92.7 Å². The number of fused-ring (bicyclic) bond motifs is 6. The van der Waals surface area contributed by atoms with E-state index in [9.17, 15) is 1.37 Å². The average Bonchev–Trinajstić information content (AvgIpc) is 3.75. The van der Waals surface area contributed by atoms with Crippen LogP contribution in [0.4, 0.5) is 0 Å². The Morgan fingerprint density at radius 2 is 1.48 bits per heavy atom. The zero-order valence-electron chi connectivity index (χ0n) is 25.1. The van der Waals surface area contributed by atoms with E-state index in [1.54, 1.807) is 23.5 Å². The first-order valence-corrected chi connectivity index (χ1v) is 16.4. The van der Waals surface area contributed by atoms with Crippen molar-refractivity contribution in [1.82, 2.24) is 10.3 Å². The number of thioether (sulfide) groups is 2. The summed E-state index contributed by atoms with van der Waals surface area (Å²) in [6.45, 7) is 9.62. The second-order valence-electron chi connectivity index (χ2n) is 10.7. The topological polar surface area (TPSA) is 71.0 Å². The summed E-state index contributed by atoms with van der Waals surface area (Å²) in [5.41, 5.74) is 4.24. The Morgan fingerprint density at radius 1 is 0.875 bits per heavy atom. The molecule has 0 fully saturated rings. The van der Waals surface area contributed by atoms with Gasteiger partial charge >= 0.3 is 0 Å². The van der Waals surface area contributed by atoms with Crippen LogP contribution in [-0.2, 0) is 9.47 Å². The van der Waals surface area contributed by atoms with E-state index in [2.05, 4.69) is 49.7 Å². The summed E-state index contributed by atoms with van der Waals surface area (Å²) in [4.78, 5) is 13.2. The van der Waals surface area contributed by atoms with E-state index in [0.717, 1.165) is 44.8 Å². The summed E-state index contributed by atoms with van der Waals surface area (Å²) in [5, 5.41) is 6.41. The molecule has 212 valence electrons. The zero-order valence-corrected chi connectivity index (χ0v) is 25.7. The number of hydrogen-bond donors (Lipinski definition) is 2. The van der Waals surface area contributed by atoms with Gasteiger partial charge in [0.1, 0.15) is 0 Å². The van der Waals surface area contributed by atoms with Crippen molar-refractivity contribution in [2.45, 2.75) is 62.3 Å². The Labute approximate surface area is 247 Å². The number of ether oxygens (including phenoxy) is 2. The first kappa shape index (κ1) is 27.6. The quantitative estimate of drug-likeness (QED) is 0.423. The summed E-state index contributed by atoms with van der Waals surface area (Å²) < 4.78 is 22.6. The number of H-pyrrole nitrogens is 1. The highest BCUT2D eigenvalue weighted by molar-refractivity contribution is 7.99. The Bertz CT molecular complexity index is 1500. The van der Waals surface area contributed by atoms with Crippen molar-refractivity contribution in [2.24, 2.45) is 9.98 Å². The van der Waals surface area contributed by atoms with Crippen LogP contribution in [0, 0.1) is 0 Å². The number of aliphatic imine (C=N–C) groups is 2. The molecule has 1 aromatic rings. The molecule has 6 unspecified atom stereocenters. The molecule has 1 aromatic heterocycles. The van der Waals surface area contributed by atoms with Gasteiger partial charge in [-0.25, -0.2) is 9.98 Å². The lowest BCUT2D eigenvalue weighted by atomic mass is 9.86. The summed E-state index contributed by atoms with van der Waals surface area (Å²) in [6, 6.07) is 4.09. The van der Waals surface area contributed by atoms with Crippen LogP contribution in [0.25, 0.3) is 12.2 Å². The minimum Gasteiger partial charge on any atom is -0.375 e. The van der Waals surface area contributed by atoms with Crippen molar-refractivity contribution in [3.8, 4) is 0 Å². The van der Waals surface area contributed by atoms with Gasteiger partial charge in [-0.15, -0.1) is 0 Å². The van der Waals surface area contributed by atoms with Crippen LogP contribution in [0.2, 0.25) is 0 Å². The fourth-order valence-corrected chi connectivity index (χ4v) is 5.32. The van der Waals surface area contributed by atoms with E-state index in [1.807, 2.05) is 61.6 Å². The van der Waals surface area contributed by atoms with Gasteiger partial charge < -0.3 is 19.8 Å². The third kappa shape index (κ3) is 6.68. The maximum absolute atomic E-state index is 9.74. The highest BCUT2D eigenvalue weighted by Gasteiger charge is 2.43. The highest BCUT2D eigenvalue weighted by Crippen LogP contribution is 2.38. The largest absolute Gasteiger partial charge is 0.375 e. The molecule has 4 aliphatic heterocycles. The fraction of sp³-hybridized carbons (Fsp3) is 0.438. The van der Waals surface area contributed by atoms with E-state index in [0.29, 0.717) is 23.7 Å². The Morgan fingerprint density at radius 3 is 2.12 bits per heavy atom. The van der Waals surface area contributed by atoms with Crippen molar-refractivity contribution in [1.29, 1.82) is 0 Å². The molecule has 0 amide bonds. The number of allylic oxidation sites excluding steroid dienone is 5. The van der Waals surface area contributed by atoms with Crippen molar-refractivity contribution >= 4 is 47.1 Å². The maximum Gasteiger partial charge on any atom is 0.0878 e. The molecule has 8 bridgehead atoms. The van der Waals surface area contributed by atoms with Crippen LogP contribution in [-0.4, -0.2) is 70.4 Å². The van der Waals surface area contributed by atoms with Crippen molar-refractivity contribution < 1.29 is 10.8 Å². The normalized spacial score (nSPS) is 26.6. The van der Waals surface area contributed by atoms with Gasteiger partial charge in [0.05, 0.1) is 53.8 Å². The molecule has 5 rings (SSSR count). The fourth-order valence-electron chi connectivity index (χ4n) is 4.89. The first-order valence-electron chi connectivity index (χ1n) is 14.4. The lowest BCUT2D eigenvalue weighted by molar-refractivity contribution is 0.0206. The third-order valence-corrected chi connectivity index (χ3v) is 9.40. The van der Waals surface area contributed by atoms with Gasteiger partial charge in [-0.2, -0.15) is 23.5 Å². The summed E-state index contributed by atoms with van der Waals surface area (Å²) in [5.74, 6) is 0. The summed E-state index contributed by atoms with van der Waals surface area (Å²) in [7, 11) is 0. The second-order valence-corrected chi connectivity index (χ2v) is 13.2. The van der Waals surface area contributed by atoms with E-state index in [1.165, 1.54) is 0 Å². The lowest BCUT2D eigenvalue weighted by Gasteiger charge is -2.35. The zero-order chi connectivity index (χ0) is 29.1. The summed E-state index contributed by atoms with van der Waals surface area (Å²) >= 11 is 3.55. The van der Waals surface area contributed by atoms with E-state index >= 15 is 0 Å². The molecular weight excluding hydrogens is 537 g/mol. The molecule has 6 nitrogen and oxygen atoms in total. The maximum atomic E-state index is 9.74. The van der Waals surface area contributed by atoms with Crippen LogP contribution in [0.15, 0.2) is 81.2 Å². The highest BCUT2D eigenvalue weighted by atomic mass is 32.2. The van der Waals surface area contributed by atoms with Crippen LogP contribution < -0.4 is 16.0 Å². The van der Waals surface area contributed by atoms with Gasteiger partial charge in [0, 0.05) is 34.7 Å². The van der Waals surface area contributed by atoms with E-state index < -0.39 is 11.9 Å². The number of nitrogens with zero attached hydrogens (tertiary/aromatic N) is 2. The second kappa shape index (κ2) is 12.6. The summed E-state index contributed by atoms with van der Waals surface area (Å²) in [6.07, 6.45) is 19.2. The minimum absolute atomic E-state index is 0.268. The number of hydrogen-bond acceptors (Lipinski definition) is 7. The minimum atomic E-state index is -0.862. The van der Waals surface area contributed by atoms with Gasteiger partial charge in [-0.3, -0.25) is 0 Å². The SMILES string of the molecule is [2H]C1C(C(C)OCC(C)SC)=C2C=C3C=CC(=N3)C=c3ccc([nH]3)=CC3=NC(=CC1(C(C)OCC(C)SC)N2)C=C3. The molecule has 2 N–H and O–H groups in total. The van der Waals surface area contributed by atoms with Gasteiger partial charge in [-0.1, -0.05) is 13.8 Å². The molecule has 0 spiro atoms. The molecular formula is C32H40N4O2S2.